The van der Waals surface area contributed by atoms with E-state index in [-0.39, 0.29) is 5.91 Å². The Bertz CT molecular complexity index is 566. The van der Waals surface area contributed by atoms with Gasteiger partial charge in [0.2, 0.25) is 0 Å². The molecule has 0 aliphatic rings. The summed E-state index contributed by atoms with van der Waals surface area (Å²) < 4.78 is 0. The lowest BCUT2D eigenvalue weighted by atomic mass is 10.1. The number of pyridine rings is 2. The molecule has 0 aliphatic carbocycles. The van der Waals surface area contributed by atoms with Gasteiger partial charge in [0.25, 0.3) is 5.91 Å². The predicted octanol–water partition coefficient (Wildman–Crippen LogP) is 1.55. The van der Waals surface area contributed by atoms with Crippen LogP contribution in [-0.2, 0) is 13.0 Å². The zero-order valence-corrected chi connectivity index (χ0v) is 10.8. The fourth-order valence-corrected chi connectivity index (χ4v) is 1.75. The van der Waals surface area contributed by atoms with Crippen LogP contribution in [0, 0.1) is 0 Å². The topological polar surface area (TPSA) is 80.9 Å². The molecule has 0 saturated carbocycles. The second-order valence-electron chi connectivity index (χ2n) is 4.12. The van der Waals surface area contributed by atoms with Crippen molar-refractivity contribution in [2.75, 3.05) is 5.73 Å². The minimum Gasteiger partial charge on any atom is -0.397 e. The fraction of sp³-hybridized carbons (Fsp3) is 0.214. The Hall–Kier alpha value is -2.43. The molecule has 0 aliphatic heterocycles. The smallest absolute Gasteiger partial charge is 0.270 e. The van der Waals surface area contributed by atoms with Gasteiger partial charge in [-0.2, -0.15) is 0 Å². The number of nitrogens with two attached hydrogens (primary N) is 1. The van der Waals surface area contributed by atoms with E-state index < -0.39 is 0 Å². The zero-order chi connectivity index (χ0) is 13.7. The van der Waals surface area contributed by atoms with E-state index in [0.717, 1.165) is 17.7 Å². The van der Waals surface area contributed by atoms with Crippen LogP contribution in [0.4, 0.5) is 5.69 Å². The van der Waals surface area contributed by atoms with Gasteiger partial charge < -0.3 is 11.1 Å². The van der Waals surface area contributed by atoms with Crippen LogP contribution < -0.4 is 11.1 Å². The molecule has 5 heteroatoms. The Labute approximate surface area is 111 Å². The minimum absolute atomic E-state index is 0.229. The second-order valence-corrected chi connectivity index (χ2v) is 4.12. The maximum Gasteiger partial charge on any atom is 0.270 e. The summed E-state index contributed by atoms with van der Waals surface area (Å²) in [5, 5.41) is 2.80. The number of anilines is 1. The van der Waals surface area contributed by atoms with Crippen molar-refractivity contribution in [2.24, 2.45) is 0 Å². The van der Waals surface area contributed by atoms with Crippen molar-refractivity contribution in [1.29, 1.82) is 0 Å². The molecule has 2 heterocycles. The highest BCUT2D eigenvalue weighted by Crippen LogP contribution is 2.06. The third-order valence-corrected chi connectivity index (χ3v) is 2.80. The summed E-state index contributed by atoms with van der Waals surface area (Å²) in [6.07, 6.45) is 4.08. The van der Waals surface area contributed by atoms with Gasteiger partial charge in [-0.25, -0.2) is 4.98 Å². The first-order valence-electron chi connectivity index (χ1n) is 6.13. The number of hydrogen-bond acceptors (Lipinski definition) is 4. The lowest BCUT2D eigenvalue weighted by Gasteiger charge is -2.08. The van der Waals surface area contributed by atoms with Crippen molar-refractivity contribution in [3.05, 3.63) is 53.6 Å². The number of rotatable bonds is 4. The summed E-state index contributed by atoms with van der Waals surface area (Å²) in [7, 11) is 0. The summed E-state index contributed by atoms with van der Waals surface area (Å²) in [5.41, 5.74) is 8.43. The number of hydrogen-bond donors (Lipinski definition) is 2. The lowest BCUT2D eigenvalue weighted by Crippen LogP contribution is -2.24. The number of amides is 1. The summed E-state index contributed by atoms with van der Waals surface area (Å²) >= 11 is 0. The van der Waals surface area contributed by atoms with Gasteiger partial charge in [-0.3, -0.25) is 9.78 Å². The lowest BCUT2D eigenvalue weighted by molar-refractivity contribution is 0.0945. The van der Waals surface area contributed by atoms with Gasteiger partial charge in [-0.1, -0.05) is 13.0 Å². The Balaban J connectivity index is 2.02. The van der Waals surface area contributed by atoms with E-state index in [9.17, 15) is 4.79 Å². The van der Waals surface area contributed by atoms with Crippen LogP contribution in [0.2, 0.25) is 0 Å². The van der Waals surface area contributed by atoms with Crippen molar-refractivity contribution in [3.63, 3.8) is 0 Å². The monoisotopic (exact) mass is 256 g/mol. The molecule has 0 aromatic carbocycles. The largest absolute Gasteiger partial charge is 0.397 e. The van der Waals surface area contributed by atoms with Crippen molar-refractivity contribution in [3.8, 4) is 0 Å². The van der Waals surface area contributed by atoms with Gasteiger partial charge in [-0.05, 0) is 30.2 Å². The maximum absolute atomic E-state index is 11.9. The Morgan fingerprint density at radius 2 is 2.16 bits per heavy atom. The summed E-state index contributed by atoms with van der Waals surface area (Å²) in [4.78, 5) is 20.1. The van der Waals surface area contributed by atoms with Crippen molar-refractivity contribution in [2.45, 2.75) is 19.9 Å². The van der Waals surface area contributed by atoms with Gasteiger partial charge in [0, 0.05) is 6.20 Å². The third kappa shape index (κ3) is 3.28. The standard InChI is InChI=1S/C14H16N4O/c1-2-10-4-3-7-16-13(10)9-18-14(19)12-6-5-11(15)8-17-12/h3-8H,2,9,15H2,1H3,(H,18,19). The molecule has 3 N–H and O–H groups in total. The molecule has 98 valence electrons. The fourth-order valence-electron chi connectivity index (χ4n) is 1.75. The zero-order valence-electron chi connectivity index (χ0n) is 10.8. The molecule has 0 unspecified atom stereocenters. The SMILES string of the molecule is CCc1cccnc1CNC(=O)c1ccc(N)cn1. The number of carbonyl (C=O) groups excluding carboxylic acids is 1. The molecule has 0 saturated heterocycles. The van der Waals surface area contributed by atoms with Gasteiger partial charge in [0.1, 0.15) is 5.69 Å². The molecule has 0 bridgehead atoms. The summed E-state index contributed by atoms with van der Waals surface area (Å²) in [5.74, 6) is -0.229. The second kappa shape index (κ2) is 5.95. The van der Waals surface area contributed by atoms with E-state index in [1.54, 1.807) is 18.3 Å². The minimum atomic E-state index is -0.229. The molecule has 0 atom stereocenters. The first kappa shape index (κ1) is 13.0. The highest BCUT2D eigenvalue weighted by molar-refractivity contribution is 5.92. The van der Waals surface area contributed by atoms with E-state index in [0.29, 0.717) is 17.9 Å². The first-order valence-corrected chi connectivity index (χ1v) is 6.13. The molecule has 19 heavy (non-hydrogen) atoms. The normalized spacial score (nSPS) is 10.2. The van der Waals surface area contributed by atoms with Crippen LogP contribution in [0.5, 0.6) is 0 Å². The molecule has 2 aromatic heterocycles. The van der Waals surface area contributed by atoms with Gasteiger partial charge in [-0.15, -0.1) is 0 Å². The number of carbonyl (C=O) groups is 1. The maximum atomic E-state index is 11.9. The van der Waals surface area contributed by atoms with Crippen LogP contribution in [-0.4, -0.2) is 15.9 Å². The Morgan fingerprint density at radius 1 is 1.32 bits per heavy atom. The summed E-state index contributed by atoms with van der Waals surface area (Å²) in [6.45, 7) is 2.46. The van der Waals surface area contributed by atoms with Crippen molar-refractivity contribution < 1.29 is 4.79 Å². The van der Waals surface area contributed by atoms with E-state index in [1.165, 1.54) is 6.20 Å². The van der Waals surface area contributed by atoms with Crippen LogP contribution in [0.1, 0.15) is 28.7 Å². The molecule has 2 aromatic rings. The van der Waals surface area contributed by atoms with Crippen molar-refractivity contribution >= 4 is 11.6 Å². The molecular formula is C14H16N4O. The highest BCUT2D eigenvalue weighted by atomic mass is 16.1. The highest BCUT2D eigenvalue weighted by Gasteiger charge is 2.08. The summed E-state index contributed by atoms with van der Waals surface area (Å²) in [6, 6.07) is 7.16. The van der Waals surface area contributed by atoms with Crippen molar-refractivity contribution in [1.82, 2.24) is 15.3 Å². The number of aryl methyl sites for hydroxylation is 1. The molecule has 0 fully saturated rings. The predicted molar refractivity (Wildman–Crippen MR) is 73.4 cm³/mol. The van der Waals surface area contributed by atoms with Gasteiger partial charge in [0.15, 0.2) is 0 Å². The van der Waals surface area contributed by atoms with E-state index in [4.69, 9.17) is 5.73 Å². The molecular weight excluding hydrogens is 240 g/mol. The third-order valence-electron chi connectivity index (χ3n) is 2.80. The van der Waals surface area contributed by atoms with E-state index in [2.05, 4.69) is 22.2 Å². The molecule has 1 amide bonds. The van der Waals surface area contributed by atoms with Crippen LogP contribution >= 0.6 is 0 Å². The average molecular weight is 256 g/mol. The van der Waals surface area contributed by atoms with Crippen LogP contribution in [0.25, 0.3) is 0 Å². The van der Waals surface area contributed by atoms with Crippen LogP contribution in [0.15, 0.2) is 36.7 Å². The average Bonchev–Trinajstić information content (AvgIpc) is 2.45. The van der Waals surface area contributed by atoms with E-state index in [1.807, 2.05) is 12.1 Å². The molecule has 2 rings (SSSR count). The quantitative estimate of drug-likeness (QED) is 0.869. The molecule has 0 spiro atoms. The van der Waals surface area contributed by atoms with E-state index >= 15 is 0 Å². The molecule has 5 nitrogen and oxygen atoms in total. The molecule has 0 radical (unpaired) electrons. The Morgan fingerprint density at radius 3 is 2.84 bits per heavy atom. The number of aromatic nitrogens is 2. The van der Waals surface area contributed by atoms with Crippen LogP contribution in [0.3, 0.4) is 0 Å². The number of nitrogens with one attached hydrogen (secondary N) is 1. The van der Waals surface area contributed by atoms with Gasteiger partial charge in [0.05, 0.1) is 24.1 Å². The first-order chi connectivity index (χ1) is 9.20. The van der Waals surface area contributed by atoms with Gasteiger partial charge >= 0.3 is 0 Å². The Kier molecular flexibility index (Phi) is 4.07. The number of nitrogens with zero attached hydrogens (tertiary/aromatic N) is 2. The number of nitrogen functional groups attached to an aromatic ring is 1.